The molecular formula is C12H11N3O. The van der Waals surface area contributed by atoms with E-state index in [9.17, 15) is 0 Å². The van der Waals surface area contributed by atoms with E-state index in [1.54, 1.807) is 13.2 Å². The average molecular weight is 213 g/mol. The fraction of sp³-hybridized carbons (Fsp3) is 0.250. The van der Waals surface area contributed by atoms with Gasteiger partial charge in [0.1, 0.15) is 23.2 Å². The lowest BCUT2D eigenvalue weighted by molar-refractivity contribution is 0.414. The highest BCUT2D eigenvalue weighted by Gasteiger charge is 2.12. The van der Waals surface area contributed by atoms with Crippen LogP contribution in [0, 0.1) is 25.2 Å². The number of nitrogens with zero attached hydrogens (tertiary/aromatic N) is 3. The van der Waals surface area contributed by atoms with Gasteiger partial charge in [0.15, 0.2) is 0 Å². The van der Waals surface area contributed by atoms with Crippen molar-refractivity contribution in [1.82, 2.24) is 9.97 Å². The molecule has 0 spiro atoms. The fourth-order valence-corrected chi connectivity index (χ4v) is 1.81. The molecular weight excluding hydrogens is 202 g/mol. The molecule has 4 nitrogen and oxygen atoms in total. The maximum atomic E-state index is 9.16. The maximum absolute atomic E-state index is 9.16. The molecule has 0 aliphatic heterocycles. The summed E-state index contributed by atoms with van der Waals surface area (Å²) >= 11 is 0. The lowest BCUT2D eigenvalue weighted by Crippen LogP contribution is -1.97. The van der Waals surface area contributed by atoms with Crippen LogP contribution in [0.15, 0.2) is 12.1 Å². The molecule has 1 aromatic carbocycles. The third-order valence-corrected chi connectivity index (χ3v) is 2.45. The van der Waals surface area contributed by atoms with Gasteiger partial charge >= 0.3 is 0 Å². The van der Waals surface area contributed by atoms with Crippen LogP contribution in [0.25, 0.3) is 10.9 Å². The Kier molecular flexibility index (Phi) is 2.45. The van der Waals surface area contributed by atoms with E-state index in [0.29, 0.717) is 17.1 Å². The highest BCUT2D eigenvalue weighted by atomic mass is 16.5. The van der Waals surface area contributed by atoms with E-state index in [1.165, 1.54) is 0 Å². The Morgan fingerprint density at radius 3 is 2.62 bits per heavy atom. The van der Waals surface area contributed by atoms with Gasteiger partial charge in [0.05, 0.1) is 18.3 Å². The molecule has 0 aliphatic carbocycles. The Morgan fingerprint density at radius 2 is 2.00 bits per heavy atom. The van der Waals surface area contributed by atoms with Crippen LogP contribution in [-0.2, 0) is 0 Å². The van der Waals surface area contributed by atoms with Gasteiger partial charge in [-0.2, -0.15) is 5.26 Å². The number of ether oxygens (including phenoxy) is 1. The largest absolute Gasteiger partial charge is 0.495 e. The summed E-state index contributed by atoms with van der Waals surface area (Å²) in [6.07, 6.45) is 0. The summed E-state index contributed by atoms with van der Waals surface area (Å²) in [5.74, 6) is 1.27. The lowest BCUT2D eigenvalue weighted by Gasteiger charge is -2.08. The highest BCUT2D eigenvalue weighted by Crippen LogP contribution is 2.27. The molecule has 0 unspecified atom stereocenters. The number of aryl methyl sites for hydroxylation is 2. The molecule has 4 heteroatoms. The van der Waals surface area contributed by atoms with Crippen LogP contribution < -0.4 is 4.74 Å². The van der Waals surface area contributed by atoms with E-state index in [4.69, 9.17) is 10.00 Å². The molecule has 0 aliphatic rings. The van der Waals surface area contributed by atoms with E-state index in [0.717, 1.165) is 16.6 Å². The summed E-state index contributed by atoms with van der Waals surface area (Å²) in [7, 11) is 1.55. The molecule has 2 aromatic rings. The zero-order chi connectivity index (χ0) is 11.7. The third kappa shape index (κ3) is 1.47. The van der Waals surface area contributed by atoms with Gasteiger partial charge in [0.25, 0.3) is 0 Å². The average Bonchev–Trinajstić information content (AvgIpc) is 2.27. The van der Waals surface area contributed by atoms with Crippen molar-refractivity contribution >= 4 is 10.9 Å². The van der Waals surface area contributed by atoms with Crippen molar-refractivity contribution in [1.29, 1.82) is 5.26 Å². The van der Waals surface area contributed by atoms with Gasteiger partial charge in [-0.15, -0.1) is 0 Å². The molecule has 0 bridgehead atoms. The first-order valence-corrected chi connectivity index (χ1v) is 4.89. The van der Waals surface area contributed by atoms with Gasteiger partial charge < -0.3 is 4.74 Å². The first-order chi connectivity index (χ1) is 7.67. The molecule has 0 N–H and O–H groups in total. The minimum Gasteiger partial charge on any atom is -0.495 e. The first-order valence-electron chi connectivity index (χ1n) is 4.89. The number of fused-ring (bicyclic) bond motifs is 1. The summed E-state index contributed by atoms with van der Waals surface area (Å²) in [6, 6.07) is 5.75. The van der Waals surface area contributed by atoms with Crippen LogP contribution in [0.4, 0.5) is 0 Å². The van der Waals surface area contributed by atoms with E-state index in [-0.39, 0.29) is 0 Å². The summed E-state index contributed by atoms with van der Waals surface area (Å²) in [4.78, 5) is 8.57. The number of hydrogen-bond acceptors (Lipinski definition) is 4. The highest BCUT2D eigenvalue weighted by molar-refractivity contribution is 5.89. The van der Waals surface area contributed by atoms with Crippen molar-refractivity contribution in [2.24, 2.45) is 0 Å². The minimum atomic E-state index is 0.498. The SMILES string of the molecule is COc1ccc2nc(C)nc(C)c2c1C#N. The van der Waals surface area contributed by atoms with Gasteiger partial charge in [-0.25, -0.2) is 9.97 Å². The first kappa shape index (κ1) is 10.4. The van der Waals surface area contributed by atoms with Crippen molar-refractivity contribution in [2.45, 2.75) is 13.8 Å². The Labute approximate surface area is 93.5 Å². The van der Waals surface area contributed by atoms with Crippen molar-refractivity contribution in [3.8, 4) is 11.8 Å². The molecule has 0 saturated carbocycles. The zero-order valence-electron chi connectivity index (χ0n) is 9.40. The standard InChI is InChI=1S/C12H11N3O/c1-7-12-9(6-13)11(16-3)5-4-10(12)15-8(2)14-7/h4-5H,1-3H3. The summed E-state index contributed by atoms with van der Waals surface area (Å²) < 4.78 is 5.15. The second kappa shape index (κ2) is 3.78. The Balaban J connectivity index is 2.93. The predicted octanol–water partition coefficient (Wildman–Crippen LogP) is 2.13. The summed E-state index contributed by atoms with van der Waals surface area (Å²) in [5.41, 5.74) is 2.08. The topological polar surface area (TPSA) is 58.8 Å². The second-order valence-corrected chi connectivity index (χ2v) is 3.50. The van der Waals surface area contributed by atoms with Crippen LogP contribution in [0.2, 0.25) is 0 Å². The van der Waals surface area contributed by atoms with Gasteiger partial charge in [-0.3, -0.25) is 0 Å². The van der Waals surface area contributed by atoms with E-state index < -0.39 is 0 Å². The predicted molar refractivity (Wildman–Crippen MR) is 60.3 cm³/mol. The van der Waals surface area contributed by atoms with E-state index >= 15 is 0 Å². The van der Waals surface area contributed by atoms with E-state index in [1.807, 2.05) is 19.9 Å². The Bertz CT molecular complexity index is 599. The number of nitriles is 1. The van der Waals surface area contributed by atoms with E-state index in [2.05, 4.69) is 16.0 Å². The number of rotatable bonds is 1. The van der Waals surface area contributed by atoms with Gasteiger partial charge in [-0.05, 0) is 26.0 Å². The van der Waals surface area contributed by atoms with Crippen molar-refractivity contribution in [3.05, 3.63) is 29.2 Å². The normalized spacial score (nSPS) is 10.1. The van der Waals surface area contributed by atoms with Crippen LogP contribution in [0.1, 0.15) is 17.1 Å². The van der Waals surface area contributed by atoms with Crippen molar-refractivity contribution in [2.75, 3.05) is 7.11 Å². The quantitative estimate of drug-likeness (QED) is 0.728. The Hall–Kier alpha value is -2.15. The molecule has 1 heterocycles. The maximum Gasteiger partial charge on any atom is 0.137 e. The van der Waals surface area contributed by atoms with Crippen LogP contribution in [0.3, 0.4) is 0 Å². The summed E-state index contributed by atoms with van der Waals surface area (Å²) in [5, 5.41) is 9.93. The van der Waals surface area contributed by atoms with Crippen LogP contribution >= 0.6 is 0 Å². The third-order valence-electron chi connectivity index (χ3n) is 2.45. The molecule has 0 radical (unpaired) electrons. The van der Waals surface area contributed by atoms with Crippen LogP contribution in [0.5, 0.6) is 5.75 Å². The van der Waals surface area contributed by atoms with Crippen LogP contribution in [-0.4, -0.2) is 17.1 Å². The zero-order valence-corrected chi connectivity index (χ0v) is 9.40. The van der Waals surface area contributed by atoms with Gasteiger partial charge in [0, 0.05) is 5.39 Å². The molecule has 2 rings (SSSR count). The summed E-state index contributed by atoms with van der Waals surface area (Å²) in [6.45, 7) is 3.71. The molecule has 16 heavy (non-hydrogen) atoms. The smallest absolute Gasteiger partial charge is 0.137 e. The molecule has 0 fully saturated rings. The van der Waals surface area contributed by atoms with Crippen molar-refractivity contribution < 1.29 is 4.74 Å². The lowest BCUT2D eigenvalue weighted by atomic mass is 10.1. The number of aromatic nitrogens is 2. The number of benzene rings is 1. The monoisotopic (exact) mass is 213 g/mol. The minimum absolute atomic E-state index is 0.498. The second-order valence-electron chi connectivity index (χ2n) is 3.50. The fourth-order valence-electron chi connectivity index (χ4n) is 1.81. The van der Waals surface area contributed by atoms with Gasteiger partial charge in [0.2, 0.25) is 0 Å². The van der Waals surface area contributed by atoms with Crippen molar-refractivity contribution in [3.63, 3.8) is 0 Å². The van der Waals surface area contributed by atoms with Gasteiger partial charge in [-0.1, -0.05) is 0 Å². The Morgan fingerprint density at radius 1 is 1.25 bits per heavy atom. The molecule has 0 atom stereocenters. The molecule has 0 amide bonds. The number of hydrogen-bond donors (Lipinski definition) is 0. The molecule has 1 aromatic heterocycles. The molecule has 80 valence electrons. The number of methoxy groups -OCH3 is 1. The molecule has 0 saturated heterocycles.